The summed E-state index contributed by atoms with van der Waals surface area (Å²) < 4.78 is 0. The highest BCUT2D eigenvalue weighted by Gasteiger charge is 2.04. The fourth-order valence-electron chi connectivity index (χ4n) is 1.85. The predicted molar refractivity (Wildman–Crippen MR) is 82.1 cm³/mol. The van der Waals surface area contributed by atoms with E-state index in [1.54, 1.807) is 0 Å². The Morgan fingerprint density at radius 2 is 2.05 bits per heavy atom. The summed E-state index contributed by atoms with van der Waals surface area (Å²) in [5, 5.41) is 0.619. The first-order valence-corrected chi connectivity index (χ1v) is 7.49. The molecule has 1 heterocycles. The molecule has 0 bridgehead atoms. The van der Waals surface area contributed by atoms with E-state index in [2.05, 4.69) is 29.0 Å². The number of rotatable bonds is 5. The van der Waals surface area contributed by atoms with Crippen LogP contribution < -0.4 is 11.3 Å². The molecular formula is C15H19N3OS. The average Bonchev–Trinajstić information content (AvgIpc) is 2.39. The molecule has 0 aliphatic rings. The summed E-state index contributed by atoms with van der Waals surface area (Å²) >= 11 is 1.45. The highest BCUT2D eigenvalue weighted by molar-refractivity contribution is 7.99. The number of aryl methyl sites for hydroxylation is 1. The first kappa shape index (κ1) is 14.8. The fourth-order valence-corrected chi connectivity index (χ4v) is 2.69. The summed E-state index contributed by atoms with van der Waals surface area (Å²) in [5.41, 5.74) is 7.78. The SMILES string of the molecule is CCC(N)Cc1ccc(Sc2nc(C)cc(=O)[nH]2)cc1. The van der Waals surface area contributed by atoms with Crippen LogP contribution in [-0.2, 0) is 6.42 Å². The van der Waals surface area contributed by atoms with Gasteiger partial charge in [0.25, 0.3) is 5.56 Å². The largest absolute Gasteiger partial charge is 0.327 e. The molecule has 0 amide bonds. The molecule has 2 aromatic rings. The van der Waals surface area contributed by atoms with Crippen molar-refractivity contribution in [3.8, 4) is 0 Å². The fraction of sp³-hybridized carbons (Fsp3) is 0.333. The Kier molecular flexibility index (Phi) is 4.98. The van der Waals surface area contributed by atoms with Gasteiger partial charge in [0, 0.05) is 22.7 Å². The number of nitrogens with zero attached hydrogens (tertiary/aromatic N) is 1. The third-order valence-electron chi connectivity index (χ3n) is 3.01. The van der Waals surface area contributed by atoms with Crippen molar-refractivity contribution in [2.75, 3.05) is 0 Å². The van der Waals surface area contributed by atoms with Gasteiger partial charge in [0.2, 0.25) is 0 Å². The van der Waals surface area contributed by atoms with Gasteiger partial charge in [-0.2, -0.15) is 0 Å². The Morgan fingerprint density at radius 3 is 2.65 bits per heavy atom. The van der Waals surface area contributed by atoms with Crippen molar-refractivity contribution in [3.63, 3.8) is 0 Å². The maximum atomic E-state index is 11.4. The minimum Gasteiger partial charge on any atom is -0.327 e. The molecule has 2 rings (SSSR count). The van der Waals surface area contributed by atoms with Gasteiger partial charge in [0.1, 0.15) is 0 Å². The molecule has 0 spiro atoms. The molecule has 5 heteroatoms. The Bertz CT molecular complexity index is 622. The normalized spacial score (nSPS) is 12.3. The van der Waals surface area contributed by atoms with E-state index in [9.17, 15) is 4.79 Å². The van der Waals surface area contributed by atoms with Crippen LogP contribution in [-0.4, -0.2) is 16.0 Å². The van der Waals surface area contributed by atoms with E-state index < -0.39 is 0 Å². The van der Waals surface area contributed by atoms with Crippen molar-refractivity contribution >= 4 is 11.8 Å². The van der Waals surface area contributed by atoms with Crippen LogP contribution in [0.3, 0.4) is 0 Å². The van der Waals surface area contributed by atoms with Gasteiger partial charge in [0.05, 0.1) is 0 Å². The van der Waals surface area contributed by atoms with Crippen LogP contribution in [0.2, 0.25) is 0 Å². The van der Waals surface area contributed by atoms with Crippen molar-refractivity contribution in [1.82, 2.24) is 9.97 Å². The van der Waals surface area contributed by atoms with Crippen LogP contribution >= 0.6 is 11.8 Å². The third-order valence-corrected chi connectivity index (χ3v) is 3.90. The van der Waals surface area contributed by atoms with E-state index in [0.29, 0.717) is 5.16 Å². The second-order valence-electron chi connectivity index (χ2n) is 4.81. The van der Waals surface area contributed by atoms with Crippen LogP contribution in [0, 0.1) is 6.92 Å². The molecule has 0 fully saturated rings. The molecule has 1 aromatic heterocycles. The molecule has 106 valence electrons. The summed E-state index contributed by atoms with van der Waals surface area (Å²) in [6, 6.07) is 9.91. The molecular weight excluding hydrogens is 270 g/mol. The van der Waals surface area contributed by atoms with Gasteiger partial charge >= 0.3 is 0 Å². The zero-order valence-corrected chi connectivity index (χ0v) is 12.5. The molecule has 4 nitrogen and oxygen atoms in total. The lowest BCUT2D eigenvalue weighted by Gasteiger charge is -2.09. The van der Waals surface area contributed by atoms with Crippen LogP contribution in [0.1, 0.15) is 24.6 Å². The Hall–Kier alpha value is -1.59. The minimum absolute atomic E-state index is 0.120. The highest BCUT2D eigenvalue weighted by atomic mass is 32.2. The number of aromatic nitrogens is 2. The quantitative estimate of drug-likeness (QED) is 0.830. The molecule has 0 radical (unpaired) electrons. The minimum atomic E-state index is -0.120. The number of nitrogens with one attached hydrogen (secondary N) is 1. The van der Waals surface area contributed by atoms with Crippen LogP contribution in [0.15, 0.2) is 45.2 Å². The molecule has 0 aliphatic heterocycles. The third kappa shape index (κ3) is 4.21. The van der Waals surface area contributed by atoms with Crippen molar-refractivity contribution in [2.24, 2.45) is 5.73 Å². The van der Waals surface area contributed by atoms with Gasteiger partial charge < -0.3 is 10.7 Å². The monoisotopic (exact) mass is 289 g/mol. The maximum absolute atomic E-state index is 11.4. The Labute approximate surface area is 122 Å². The lowest BCUT2D eigenvalue weighted by Crippen LogP contribution is -2.21. The molecule has 1 aromatic carbocycles. The first-order valence-electron chi connectivity index (χ1n) is 6.67. The van der Waals surface area contributed by atoms with Gasteiger partial charge in [-0.15, -0.1) is 0 Å². The van der Waals surface area contributed by atoms with Crippen molar-refractivity contribution in [1.29, 1.82) is 0 Å². The van der Waals surface area contributed by atoms with Gasteiger partial charge in [-0.25, -0.2) is 4.98 Å². The van der Waals surface area contributed by atoms with E-state index in [4.69, 9.17) is 5.73 Å². The summed E-state index contributed by atoms with van der Waals surface area (Å²) in [7, 11) is 0. The van der Waals surface area contributed by atoms with Crippen LogP contribution in [0.5, 0.6) is 0 Å². The summed E-state index contributed by atoms with van der Waals surface area (Å²) in [4.78, 5) is 19.5. The van der Waals surface area contributed by atoms with E-state index >= 15 is 0 Å². The number of hydrogen-bond donors (Lipinski definition) is 2. The van der Waals surface area contributed by atoms with Gasteiger partial charge in [-0.05, 0) is 37.5 Å². The lowest BCUT2D eigenvalue weighted by molar-refractivity contribution is 0.646. The molecule has 0 saturated heterocycles. The van der Waals surface area contributed by atoms with E-state index in [1.807, 2.05) is 19.1 Å². The maximum Gasteiger partial charge on any atom is 0.251 e. The second kappa shape index (κ2) is 6.72. The standard InChI is InChI=1S/C15H19N3OS/c1-3-12(16)9-11-4-6-13(7-5-11)20-15-17-10(2)8-14(19)18-15/h4-8,12H,3,9,16H2,1-2H3,(H,17,18,19). The molecule has 3 N–H and O–H groups in total. The smallest absolute Gasteiger partial charge is 0.251 e. The molecule has 0 aliphatic carbocycles. The number of benzene rings is 1. The summed E-state index contributed by atoms with van der Waals surface area (Å²) in [5.74, 6) is 0. The van der Waals surface area contributed by atoms with Gasteiger partial charge in [-0.3, -0.25) is 4.79 Å². The van der Waals surface area contributed by atoms with Crippen molar-refractivity contribution in [2.45, 2.75) is 42.8 Å². The van der Waals surface area contributed by atoms with E-state index in [1.165, 1.54) is 23.4 Å². The zero-order valence-electron chi connectivity index (χ0n) is 11.7. The van der Waals surface area contributed by atoms with Crippen molar-refractivity contribution < 1.29 is 0 Å². The van der Waals surface area contributed by atoms with Crippen molar-refractivity contribution in [3.05, 3.63) is 51.9 Å². The van der Waals surface area contributed by atoms with Gasteiger partial charge in [-0.1, -0.05) is 30.8 Å². The number of H-pyrrole nitrogens is 1. The predicted octanol–water partition coefficient (Wildman–Crippen LogP) is 2.51. The molecule has 1 atom stereocenters. The zero-order chi connectivity index (χ0) is 14.5. The molecule has 0 saturated carbocycles. The lowest BCUT2D eigenvalue weighted by atomic mass is 10.1. The topological polar surface area (TPSA) is 71.8 Å². The van der Waals surface area contributed by atoms with Crippen LogP contribution in [0.25, 0.3) is 0 Å². The summed E-state index contributed by atoms with van der Waals surface area (Å²) in [6.45, 7) is 3.91. The number of nitrogens with two attached hydrogens (primary N) is 1. The number of aromatic amines is 1. The highest BCUT2D eigenvalue weighted by Crippen LogP contribution is 2.24. The Morgan fingerprint density at radius 1 is 1.35 bits per heavy atom. The second-order valence-corrected chi connectivity index (χ2v) is 5.87. The van der Waals surface area contributed by atoms with E-state index in [-0.39, 0.29) is 11.6 Å². The van der Waals surface area contributed by atoms with Crippen LogP contribution in [0.4, 0.5) is 0 Å². The van der Waals surface area contributed by atoms with E-state index in [0.717, 1.165) is 23.4 Å². The van der Waals surface area contributed by atoms with Gasteiger partial charge in [0.15, 0.2) is 5.16 Å². The molecule has 20 heavy (non-hydrogen) atoms. The molecule has 1 unspecified atom stereocenters. The average molecular weight is 289 g/mol. The number of hydrogen-bond acceptors (Lipinski definition) is 4. The summed E-state index contributed by atoms with van der Waals surface area (Å²) in [6.07, 6.45) is 1.87. The Balaban J connectivity index is 2.08. The first-order chi connectivity index (χ1) is 9.56.